The number of aromatic nitrogens is 1. The summed E-state index contributed by atoms with van der Waals surface area (Å²) in [6.45, 7) is 4.09. The molecule has 4 rings (SSSR count). The number of esters is 1. The summed E-state index contributed by atoms with van der Waals surface area (Å²) in [5.74, 6) is 1.37. The van der Waals surface area contributed by atoms with Gasteiger partial charge in [-0.1, -0.05) is 19.1 Å². The minimum absolute atomic E-state index is 0.0128. The summed E-state index contributed by atoms with van der Waals surface area (Å²) in [7, 11) is 1.64. The van der Waals surface area contributed by atoms with Crippen molar-refractivity contribution in [3.05, 3.63) is 52.3 Å². The number of fused-ring (bicyclic) bond motifs is 1. The Hall–Kier alpha value is -2.56. The molecule has 1 heterocycles. The quantitative estimate of drug-likeness (QED) is 0.742. The summed E-state index contributed by atoms with van der Waals surface area (Å²) in [4.78, 5) is 28.9. The summed E-state index contributed by atoms with van der Waals surface area (Å²) in [5, 5.41) is 0. The van der Waals surface area contributed by atoms with Crippen molar-refractivity contribution in [3.8, 4) is 5.75 Å². The second kappa shape index (κ2) is 8.05. The number of ether oxygens (including phenoxy) is 2. The fraction of sp³-hybridized carbons (Fsp3) is 0.500. The van der Waals surface area contributed by atoms with E-state index in [1.807, 2.05) is 31.2 Å². The summed E-state index contributed by atoms with van der Waals surface area (Å²) < 4.78 is 11.0. The Kier molecular flexibility index (Phi) is 5.48. The summed E-state index contributed by atoms with van der Waals surface area (Å²) in [5.41, 5.74) is 3.81. The molecule has 0 spiro atoms. The monoisotopic (exact) mass is 395 g/mol. The second-order valence-corrected chi connectivity index (χ2v) is 8.57. The second-order valence-electron chi connectivity index (χ2n) is 8.57. The predicted molar refractivity (Wildman–Crippen MR) is 111 cm³/mol. The molecule has 0 bridgehead atoms. The summed E-state index contributed by atoms with van der Waals surface area (Å²) in [6.07, 6.45) is 5.19. The lowest BCUT2D eigenvalue weighted by molar-refractivity contribution is 0.0167. The molecule has 1 fully saturated rings. The number of rotatable bonds is 4. The highest BCUT2D eigenvalue weighted by atomic mass is 16.5. The van der Waals surface area contributed by atoms with Crippen LogP contribution in [0.2, 0.25) is 0 Å². The fourth-order valence-corrected chi connectivity index (χ4v) is 4.71. The van der Waals surface area contributed by atoms with Crippen LogP contribution in [0, 0.1) is 12.8 Å². The van der Waals surface area contributed by atoms with Crippen LogP contribution in [0.3, 0.4) is 0 Å². The molecule has 1 atom stereocenters. The molecule has 0 radical (unpaired) electrons. The molecule has 0 saturated heterocycles. The number of methoxy groups -OCH3 is 1. The lowest BCUT2D eigenvalue weighted by Crippen LogP contribution is -2.24. The Morgan fingerprint density at radius 2 is 1.76 bits per heavy atom. The maximum Gasteiger partial charge on any atom is 0.355 e. The van der Waals surface area contributed by atoms with Crippen molar-refractivity contribution in [1.82, 2.24) is 4.98 Å². The molecule has 154 valence electrons. The molecule has 1 N–H and O–H groups in total. The lowest BCUT2D eigenvalue weighted by atomic mass is 9.81. The van der Waals surface area contributed by atoms with Crippen LogP contribution in [-0.2, 0) is 11.2 Å². The number of aromatic amines is 1. The maximum atomic E-state index is 12.9. The molecular formula is C24H29NO4. The molecule has 2 aromatic rings. The van der Waals surface area contributed by atoms with E-state index in [4.69, 9.17) is 9.47 Å². The first kappa shape index (κ1) is 19.7. The number of H-pyrrole nitrogens is 1. The van der Waals surface area contributed by atoms with E-state index in [9.17, 15) is 9.59 Å². The van der Waals surface area contributed by atoms with Gasteiger partial charge in [0.15, 0.2) is 5.78 Å². The van der Waals surface area contributed by atoms with Gasteiger partial charge in [-0.25, -0.2) is 4.79 Å². The van der Waals surface area contributed by atoms with E-state index in [0.29, 0.717) is 30.0 Å². The summed E-state index contributed by atoms with van der Waals surface area (Å²) in [6, 6.07) is 7.86. The number of ketones is 1. The van der Waals surface area contributed by atoms with Crippen molar-refractivity contribution in [2.24, 2.45) is 5.92 Å². The first-order valence-corrected chi connectivity index (χ1v) is 10.6. The Morgan fingerprint density at radius 3 is 2.41 bits per heavy atom. The maximum absolute atomic E-state index is 12.9. The number of carbonyl (C=O) groups is 2. The fourth-order valence-electron chi connectivity index (χ4n) is 4.71. The van der Waals surface area contributed by atoms with Crippen molar-refractivity contribution in [3.63, 3.8) is 0 Å². The SMILES string of the molecule is COc1ccc([C@H]2CC(=O)c3c([nH]c(C(=O)OC4CCC(C)CC4)c3C)C2)cc1. The smallest absolute Gasteiger partial charge is 0.355 e. The van der Waals surface area contributed by atoms with E-state index in [-0.39, 0.29) is 23.8 Å². The first-order valence-electron chi connectivity index (χ1n) is 10.6. The van der Waals surface area contributed by atoms with Gasteiger partial charge in [0, 0.05) is 17.7 Å². The Morgan fingerprint density at radius 1 is 1.07 bits per heavy atom. The van der Waals surface area contributed by atoms with Gasteiger partial charge < -0.3 is 14.5 Å². The highest BCUT2D eigenvalue weighted by molar-refractivity contribution is 6.03. The van der Waals surface area contributed by atoms with Crippen LogP contribution < -0.4 is 4.74 Å². The van der Waals surface area contributed by atoms with Gasteiger partial charge in [0.2, 0.25) is 0 Å². The normalized spacial score (nSPS) is 24.1. The molecule has 0 amide bonds. The van der Waals surface area contributed by atoms with Gasteiger partial charge >= 0.3 is 5.97 Å². The minimum atomic E-state index is -0.328. The van der Waals surface area contributed by atoms with Crippen molar-refractivity contribution in [2.75, 3.05) is 7.11 Å². The van der Waals surface area contributed by atoms with Crippen LogP contribution in [0.5, 0.6) is 5.75 Å². The third-order valence-corrected chi connectivity index (χ3v) is 6.52. The lowest BCUT2D eigenvalue weighted by Gasteiger charge is -2.25. The third kappa shape index (κ3) is 3.96. The zero-order chi connectivity index (χ0) is 20.5. The number of hydrogen-bond donors (Lipinski definition) is 1. The number of benzene rings is 1. The van der Waals surface area contributed by atoms with Gasteiger partial charge in [-0.2, -0.15) is 0 Å². The van der Waals surface area contributed by atoms with E-state index >= 15 is 0 Å². The first-order chi connectivity index (χ1) is 14.0. The molecule has 1 saturated carbocycles. The molecule has 0 aliphatic heterocycles. The predicted octanol–water partition coefficient (Wildman–Crippen LogP) is 4.98. The van der Waals surface area contributed by atoms with Crippen molar-refractivity contribution >= 4 is 11.8 Å². The molecule has 1 aromatic carbocycles. The van der Waals surface area contributed by atoms with Crippen molar-refractivity contribution in [1.29, 1.82) is 0 Å². The molecule has 2 aliphatic carbocycles. The van der Waals surface area contributed by atoms with Gasteiger partial charge in [-0.3, -0.25) is 4.79 Å². The van der Waals surface area contributed by atoms with Gasteiger partial charge in [0.1, 0.15) is 17.5 Å². The average Bonchev–Trinajstić information content (AvgIpc) is 3.07. The van der Waals surface area contributed by atoms with Crippen molar-refractivity contribution in [2.45, 2.75) is 64.4 Å². The largest absolute Gasteiger partial charge is 0.497 e. The van der Waals surface area contributed by atoms with E-state index in [1.165, 1.54) is 0 Å². The third-order valence-electron chi connectivity index (χ3n) is 6.52. The number of nitrogens with one attached hydrogen (secondary N) is 1. The Bertz CT molecular complexity index is 904. The Balaban J connectivity index is 1.52. The van der Waals surface area contributed by atoms with E-state index in [1.54, 1.807) is 7.11 Å². The molecule has 2 aliphatic rings. The van der Waals surface area contributed by atoms with Crippen LogP contribution in [-0.4, -0.2) is 30.0 Å². The van der Waals surface area contributed by atoms with Crippen LogP contribution >= 0.6 is 0 Å². The highest BCUT2D eigenvalue weighted by Gasteiger charge is 2.33. The number of Topliss-reactive ketones (excluding diaryl/α,β-unsaturated/α-hetero) is 1. The van der Waals surface area contributed by atoms with Gasteiger partial charge in [0.05, 0.1) is 7.11 Å². The van der Waals surface area contributed by atoms with E-state index in [2.05, 4.69) is 11.9 Å². The molecule has 0 unspecified atom stereocenters. The molecular weight excluding hydrogens is 366 g/mol. The minimum Gasteiger partial charge on any atom is -0.497 e. The van der Waals surface area contributed by atoms with Crippen LogP contribution in [0.15, 0.2) is 24.3 Å². The summed E-state index contributed by atoms with van der Waals surface area (Å²) >= 11 is 0. The van der Waals surface area contributed by atoms with Gasteiger partial charge in [0.25, 0.3) is 0 Å². The van der Waals surface area contributed by atoms with Crippen LogP contribution in [0.1, 0.15) is 82.6 Å². The van der Waals surface area contributed by atoms with Gasteiger partial charge in [-0.05, 0) is 74.1 Å². The standard InChI is InChI=1S/C24H29NO4/c1-14-4-8-19(9-5-14)29-24(27)23-15(2)22-20(25-23)12-17(13-21(22)26)16-6-10-18(28-3)11-7-16/h6-7,10-11,14,17,19,25H,4-5,8-9,12-13H2,1-3H3/t14?,17-,19?/m1/s1. The zero-order valence-corrected chi connectivity index (χ0v) is 17.4. The van der Waals surface area contributed by atoms with Crippen molar-refractivity contribution < 1.29 is 19.1 Å². The molecule has 5 nitrogen and oxygen atoms in total. The number of carbonyl (C=O) groups excluding carboxylic acids is 2. The van der Waals surface area contributed by atoms with Crippen LogP contribution in [0.25, 0.3) is 0 Å². The van der Waals surface area contributed by atoms with E-state index in [0.717, 1.165) is 48.3 Å². The highest BCUT2D eigenvalue weighted by Crippen LogP contribution is 2.36. The van der Waals surface area contributed by atoms with Gasteiger partial charge in [-0.15, -0.1) is 0 Å². The van der Waals surface area contributed by atoms with Crippen LogP contribution in [0.4, 0.5) is 0 Å². The zero-order valence-electron chi connectivity index (χ0n) is 17.4. The molecule has 1 aromatic heterocycles. The Labute approximate surface area is 171 Å². The topological polar surface area (TPSA) is 68.4 Å². The van der Waals surface area contributed by atoms with E-state index < -0.39 is 0 Å². The molecule has 5 heteroatoms. The number of hydrogen-bond acceptors (Lipinski definition) is 4. The average molecular weight is 395 g/mol. The molecule has 29 heavy (non-hydrogen) atoms.